The predicted octanol–water partition coefficient (Wildman–Crippen LogP) is 2.03. The first-order valence-corrected chi connectivity index (χ1v) is 5.30. The summed E-state index contributed by atoms with van der Waals surface area (Å²) in [7, 11) is 0. The molecule has 1 aromatic rings. The summed E-state index contributed by atoms with van der Waals surface area (Å²) in [4.78, 5) is 7.16. The van der Waals surface area contributed by atoms with E-state index in [1.54, 1.807) is 0 Å². The van der Waals surface area contributed by atoms with Gasteiger partial charge in [0, 0.05) is 12.2 Å². The van der Waals surface area contributed by atoms with Crippen LogP contribution in [0.5, 0.6) is 0 Å². The Morgan fingerprint density at radius 2 is 2.18 bits per heavy atom. The van der Waals surface area contributed by atoms with Crippen molar-refractivity contribution in [3.63, 3.8) is 0 Å². The third-order valence-electron chi connectivity index (χ3n) is 2.16. The summed E-state index contributed by atoms with van der Waals surface area (Å²) in [6.45, 7) is 2.40. The number of nitrogens with two attached hydrogens (primary N) is 1. The number of alkyl halides is 3. The number of nitrogens with one attached hydrogen (secondary N) is 1. The van der Waals surface area contributed by atoms with E-state index in [4.69, 9.17) is 5.73 Å². The van der Waals surface area contributed by atoms with E-state index in [2.05, 4.69) is 15.3 Å². The number of halogens is 3. The molecule has 96 valence electrons. The molecule has 3 N–H and O–H groups in total. The number of anilines is 1. The van der Waals surface area contributed by atoms with E-state index in [-0.39, 0.29) is 12.0 Å². The predicted molar refractivity (Wildman–Crippen MR) is 58.4 cm³/mol. The molecule has 1 rings (SSSR count). The van der Waals surface area contributed by atoms with Gasteiger partial charge in [0.15, 0.2) is 0 Å². The van der Waals surface area contributed by atoms with Gasteiger partial charge in [-0.25, -0.2) is 9.97 Å². The second-order valence-corrected chi connectivity index (χ2v) is 3.74. The highest BCUT2D eigenvalue weighted by atomic mass is 19.4. The van der Waals surface area contributed by atoms with Crippen LogP contribution in [0.3, 0.4) is 0 Å². The third-order valence-corrected chi connectivity index (χ3v) is 2.16. The maximum atomic E-state index is 12.4. The molecular weight excluding hydrogens is 233 g/mol. The summed E-state index contributed by atoms with van der Waals surface area (Å²) in [5, 5.41) is 2.81. The van der Waals surface area contributed by atoms with Crippen LogP contribution in [0, 0.1) is 0 Å². The maximum Gasteiger partial charge on any atom is 0.433 e. The SMILES string of the molecule is CC(CCCN)Nc1nccc(C(F)(F)F)n1. The van der Waals surface area contributed by atoms with Crippen LogP contribution in [0.4, 0.5) is 19.1 Å². The summed E-state index contributed by atoms with van der Waals surface area (Å²) >= 11 is 0. The lowest BCUT2D eigenvalue weighted by Gasteiger charge is -2.14. The minimum absolute atomic E-state index is 0.00986. The van der Waals surface area contributed by atoms with Gasteiger partial charge in [-0.3, -0.25) is 0 Å². The Bertz CT molecular complexity index is 354. The molecule has 0 aromatic carbocycles. The first kappa shape index (κ1) is 13.7. The molecule has 0 spiro atoms. The smallest absolute Gasteiger partial charge is 0.352 e. The quantitative estimate of drug-likeness (QED) is 0.837. The van der Waals surface area contributed by atoms with Crippen molar-refractivity contribution in [2.24, 2.45) is 5.73 Å². The number of hydrogen-bond donors (Lipinski definition) is 2. The van der Waals surface area contributed by atoms with Crippen LogP contribution in [0.1, 0.15) is 25.5 Å². The molecule has 1 aromatic heterocycles. The largest absolute Gasteiger partial charge is 0.433 e. The van der Waals surface area contributed by atoms with Gasteiger partial charge in [0.1, 0.15) is 5.69 Å². The summed E-state index contributed by atoms with van der Waals surface area (Å²) in [5.74, 6) is -0.00986. The van der Waals surface area contributed by atoms with Gasteiger partial charge in [-0.15, -0.1) is 0 Å². The zero-order valence-corrected chi connectivity index (χ0v) is 9.46. The summed E-state index contributed by atoms with van der Waals surface area (Å²) < 4.78 is 37.1. The van der Waals surface area contributed by atoms with Gasteiger partial charge in [-0.1, -0.05) is 0 Å². The highest BCUT2D eigenvalue weighted by molar-refractivity contribution is 5.27. The standard InChI is InChI=1S/C10H15F3N4/c1-7(3-2-5-14)16-9-15-6-4-8(17-9)10(11,12)13/h4,6-7H,2-3,5,14H2,1H3,(H,15,16,17). The molecule has 4 nitrogen and oxygen atoms in total. The zero-order valence-electron chi connectivity index (χ0n) is 9.46. The van der Waals surface area contributed by atoms with Crippen LogP contribution < -0.4 is 11.1 Å². The Morgan fingerprint density at radius 1 is 1.47 bits per heavy atom. The average Bonchev–Trinajstić information content (AvgIpc) is 2.25. The molecule has 0 saturated carbocycles. The minimum Gasteiger partial charge on any atom is -0.352 e. The normalized spacial score (nSPS) is 13.5. The first-order chi connectivity index (χ1) is 7.93. The lowest BCUT2D eigenvalue weighted by Crippen LogP contribution is -2.19. The molecule has 0 amide bonds. The van der Waals surface area contributed by atoms with Gasteiger partial charge in [0.25, 0.3) is 0 Å². The van der Waals surface area contributed by atoms with Gasteiger partial charge in [-0.2, -0.15) is 13.2 Å². The van der Waals surface area contributed by atoms with Crippen molar-refractivity contribution in [1.82, 2.24) is 9.97 Å². The van der Waals surface area contributed by atoms with Gasteiger partial charge in [0.2, 0.25) is 5.95 Å². The van der Waals surface area contributed by atoms with Gasteiger partial charge >= 0.3 is 6.18 Å². The fourth-order valence-electron chi connectivity index (χ4n) is 1.30. The second kappa shape index (κ2) is 5.81. The molecule has 1 atom stereocenters. The van der Waals surface area contributed by atoms with Gasteiger partial charge < -0.3 is 11.1 Å². The molecule has 17 heavy (non-hydrogen) atoms. The molecule has 0 saturated heterocycles. The fourth-order valence-corrected chi connectivity index (χ4v) is 1.30. The van der Waals surface area contributed by atoms with Crippen LogP contribution >= 0.6 is 0 Å². The van der Waals surface area contributed by atoms with Crippen molar-refractivity contribution >= 4 is 5.95 Å². The molecule has 0 aliphatic heterocycles. The van der Waals surface area contributed by atoms with E-state index in [0.717, 1.165) is 25.1 Å². The van der Waals surface area contributed by atoms with Crippen LogP contribution in [-0.4, -0.2) is 22.6 Å². The van der Waals surface area contributed by atoms with Crippen molar-refractivity contribution in [1.29, 1.82) is 0 Å². The van der Waals surface area contributed by atoms with Crippen molar-refractivity contribution in [2.75, 3.05) is 11.9 Å². The van der Waals surface area contributed by atoms with Crippen LogP contribution in [0.25, 0.3) is 0 Å². The molecule has 0 aliphatic carbocycles. The highest BCUT2D eigenvalue weighted by Gasteiger charge is 2.32. The van der Waals surface area contributed by atoms with E-state index in [9.17, 15) is 13.2 Å². The lowest BCUT2D eigenvalue weighted by molar-refractivity contribution is -0.141. The number of nitrogens with zero attached hydrogens (tertiary/aromatic N) is 2. The topological polar surface area (TPSA) is 63.8 Å². The fraction of sp³-hybridized carbons (Fsp3) is 0.600. The molecule has 7 heteroatoms. The van der Waals surface area contributed by atoms with Crippen LogP contribution in [0.15, 0.2) is 12.3 Å². The molecule has 0 fully saturated rings. The Hall–Kier alpha value is -1.37. The summed E-state index contributed by atoms with van der Waals surface area (Å²) in [6, 6.07) is 0.831. The van der Waals surface area contributed by atoms with E-state index >= 15 is 0 Å². The van der Waals surface area contributed by atoms with Crippen molar-refractivity contribution in [3.05, 3.63) is 18.0 Å². The van der Waals surface area contributed by atoms with E-state index in [1.165, 1.54) is 0 Å². The molecule has 0 radical (unpaired) electrons. The van der Waals surface area contributed by atoms with E-state index in [1.807, 2.05) is 6.92 Å². The highest BCUT2D eigenvalue weighted by Crippen LogP contribution is 2.27. The minimum atomic E-state index is -4.44. The Morgan fingerprint density at radius 3 is 2.76 bits per heavy atom. The zero-order chi connectivity index (χ0) is 12.9. The maximum absolute atomic E-state index is 12.4. The third kappa shape index (κ3) is 4.56. The average molecular weight is 248 g/mol. The molecule has 1 unspecified atom stereocenters. The molecular formula is C10H15F3N4. The van der Waals surface area contributed by atoms with Crippen molar-refractivity contribution in [2.45, 2.75) is 32.0 Å². The van der Waals surface area contributed by atoms with Crippen LogP contribution in [0.2, 0.25) is 0 Å². The Balaban J connectivity index is 2.66. The monoisotopic (exact) mass is 248 g/mol. The molecule has 1 heterocycles. The van der Waals surface area contributed by atoms with E-state index < -0.39 is 11.9 Å². The van der Waals surface area contributed by atoms with Crippen LogP contribution in [-0.2, 0) is 6.18 Å². The Kier molecular flexibility index (Phi) is 4.68. The summed E-state index contributed by atoms with van der Waals surface area (Å²) in [6.07, 6.45) is -1.79. The molecule has 0 bridgehead atoms. The van der Waals surface area contributed by atoms with Gasteiger partial charge in [0.05, 0.1) is 0 Å². The van der Waals surface area contributed by atoms with Crippen molar-refractivity contribution < 1.29 is 13.2 Å². The first-order valence-electron chi connectivity index (χ1n) is 5.30. The number of rotatable bonds is 5. The second-order valence-electron chi connectivity index (χ2n) is 3.74. The number of aromatic nitrogens is 2. The molecule has 0 aliphatic rings. The number of hydrogen-bond acceptors (Lipinski definition) is 4. The van der Waals surface area contributed by atoms with E-state index in [0.29, 0.717) is 6.54 Å². The lowest BCUT2D eigenvalue weighted by atomic mass is 10.2. The Labute approximate surface area is 97.4 Å². The summed E-state index contributed by atoms with van der Waals surface area (Å²) in [5.41, 5.74) is 4.40. The van der Waals surface area contributed by atoms with Gasteiger partial charge in [-0.05, 0) is 32.4 Å². The van der Waals surface area contributed by atoms with Crippen molar-refractivity contribution in [3.8, 4) is 0 Å².